The molecular formula is C17H13NO3. The number of aromatic nitrogens is 1. The SMILES string of the molecule is O=C(COc1cccc2ccc(=O)[nH]c12)c1ccccc1. The predicted octanol–water partition coefficient (Wildman–Crippen LogP) is 2.79. The van der Waals surface area contributed by atoms with Crippen LogP contribution in [-0.4, -0.2) is 17.4 Å². The van der Waals surface area contributed by atoms with Crippen LogP contribution >= 0.6 is 0 Å². The Hall–Kier alpha value is -2.88. The summed E-state index contributed by atoms with van der Waals surface area (Å²) in [6, 6.07) is 17.6. The van der Waals surface area contributed by atoms with Crippen molar-refractivity contribution in [2.75, 3.05) is 6.61 Å². The molecule has 0 radical (unpaired) electrons. The summed E-state index contributed by atoms with van der Waals surface area (Å²) in [6.07, 6.45) is 0. The van der Waals surface area contributed by atoms with E-state index in [-0.39, 0.29) is 17.9 Å². The number of carbonyl (C=O) groups excluding carboxylic acids is 1. The minimum atomic E-state index is -0.201. The molecule has 0 aliphatic heterocycles. The van der Waals surface area contributed by atoms with Gasteiger partial charge in [0.25, 0.3) is 0 Å². The average molecular weight is 279 g/mol. The molecular weight excluding hydrogens is 266 g/mol. The van der Waals surface area contributed by atoms with E-state index in [1.165, 1.54) is 6.07 Å². The number of carbonyl (C=O) groups is 1. The summed E-state index contributed by atoms with van der Waals surface area (Å²) in [6.45, 7) is -0.0694. The van der Waals surface area contributed by atoms with E-state index in [9.17, 15) is 9.59 Å². The quantitative estimate of drug-likeness (QED) is 0.747. The monoisotopic (exact) mass is 279 g/mol. The molecule has 3 aromatic rings. The zero-order chi connectivity index (χ0) is 14.7. The molecule has 104 valence electrons. The minimum absolute atomic E-state index is 0.0694. The number of nitrogens with one attached hydrogen (secondary N) is 1. The Kier molecular flexibility index (Phi) is 3.51. The fraction of sp³-hybridized carbons (Fsp3) is 0.0588. The number of fused-ring (bicyclic) bond motifs is 1. The van der Waals surface area contributed by atoms with E-state index in [0.717, 1.165) is 5.39 Å². The second kappa shape index (κ2) is 5.63. The third-order valence-electron chi connectivity index (χ3n) is 3.18. The van der Waals surface area contributed by atoms with Gasteiger partial charge in [0.1, 0.15) is 5.75 Å². The average Bonchev–Trinajstić information content (AvgIpc) is 2.53. The lowest BCUT2D eigenvalue weighted by Gasteiger charge is -2.08. The van der Waals surface area contributed by atoms with Crippen molar-refractivity contribution in [2.45, 2.75) is 0 Å². The molecule has 0 aliphatic carbocycles. The molecule has 4 heteroatoms. The van der Waals surface area contributed by atoms with Crippen molar-refractivity contribution in [3.8, 4) is 5.75 Å². The van der Waals surface area contributed by atoms with Crippen molar-refractivity contribution >= 4 is 16.7 Å². The summed E-state index contributed by atoms with van der Waals surface area (Å²) in [4.78, 5) is 26.2. The van der Waals surface area contributed by atoms with Gasteiger partial charge in [-0.15, -0.1) is 0 Å². The highest BCUT2D eigenvalue weighted by atomic mass is 16.5. The van der Waals surface area contributed by atoms with Crippen LogP contribution in [0.1, 0.15) is 10.4 Å². The first-order chi connectivity index (χ1) is 10.2. The second-order valence-corrected chi connectivity index (χ2v) is 4.62. The molecule has 0 fully saturated rings. The molecule has 0 spiro atoms. The zero-order valence-corrected chi connectivity index (χ0v) is 11.2. The molecule has 0 bridgehead atoms. The van der Waals surface area contributed by atoms with Crippen LogP contribution in [0.25, 0.3) is 10.9 Å². The van der Waals surface area contributed by atoms with Gasteiger partial charge < -0.3 is 9.72 Å². The summed E-state index contributed by atoms with van der Waals surface area (Å²) in [7, 11) is 0. The van der Waals surface area contributed by atoms with E-state index in [2.05, 4.69) is 4.98 Å². The molecule has 21 heavy (non-hydrogen) atoms. The number of hydrogen-bond acceptors (Lipinski definition) is 3. The number of pyridine rings is 1. The van der Waals surface area contributed by atoms with E-state index in [1.807, 2.05) is 30.3 Å². The number of ether oxygens (including phenoxy) is 1. The van der Waals surface area contributed by atoms with Gasteiger partial charge in [-0.3, -0.25) is 9.59 Å². The summed E-state index contributed by atoms with van der Waals surface area (Å²) >= 11 is 0. The third-order valence-corrected chi connectivity index (χ3v) is 3.18. The lowest BCUT2D eigenvalue weighted by atomic mass is 10.1. The van der Waals surface area contributed by atoms with Crippen molar-refractivity contribution < 1.29 is 9.53 Å². The molecule has 0 saturated heterocycles. The van der Waals surface area contributed by atoms with E-state index < -0.39 is 0 Å². The Morgan fingerprint density at radius 1 is 0.952 bits per heavy atom. The highest BCUT2D eigenvalue weighted by Gasteiger charge is 2.08. The van der Waals surface area contributed by atoms with E-state index in [0.29, 0.717) is 16.8 Å². The topological polar surface area (TPSA) is 59.2 Å². The van der Waals surface area contributed by atoms with Gasteiger partial charge in [0.2, 0.25) is 5.56 Å². The lowest BCUT2D eigenvalue weighted by Crippen LogP contribution is -2.12. The van der Waals surface area contributed by atoms with E-state index >= 15 is 0 Å². The summed E-state index contributed by atoms with van der Waals surface area (Å²) in [5, 5.41) is 0.860. The standard InChI is InChI=1S/C17H13NO3/c19-14(12-5-2-1-3-6-12)11-21-15-8-4-7-13-9-10-16(20)18-17(13)15/h1-10H,11H2,(H,18,20). The minimum Gasteiger partial charge on any atom is -0.483 e. The fourth-order valence-electron chi connectivity index (χ4n) is 2.12. The Morgan fingerprint density at radius 3 is 2.57 bits per heavy atom. The van der Waals surface area contributed by atoms with Gasteiger partial charge in [0.15, 0.2) is 12.4 Å². The number of H-pyrrole nitrogens is 1. The fourth-order valence-corrected chi connectivity index (χ4v) is 2.12. The molecule has 0 saturated carbocycles. The van der Waals surface area contributed by atoms with E-state index in [4.69, 9.17) is 4.74 Å². The maximum Gasteiger partial charge on any atom is 0.248 e. The lowest BCUT2D eigenvalue weighted by molar-refractivity contribution is 0.0922. The van der Waals surface area contributed by atoms with Gasteiger partial charge in [-0.25, -0.2) is 0 Å². The van der Waals surface area contributed by atoms with Crippen LogP contribution in [0.5, 0.6) is 5.75 Å². The second-order valence-electron chi connectivity index (χ2n) is 4.62. The summed E-state index contributed by atoms with van der Waals surface area (Å²) in [5.74, 6) is 0.389. The number of aromatic amines is 1. The van der Waals surface area contributed by atoms with Gasteiger partial charge >= 0.3 is 0 Å². The Bertz CT molecular complexity index is 837. The Balaban J connectivity index is 1.84. The molecule has 0 atom stereocenters. The van der Waals surface area contributed by atoms with Crippen LogP contribution in [0.2, 0.25) is 0 Å². The molecule has 2 aromatic carbocycles. The molecule has 4 nitrogen and oxygen atoms in total. The molecule has 0 aliphatic rings. The largest absolute Gasteiger partial charge is 0.483 e. The third kappa shape index (κ3) is 2.84. The number of para-hydroxylation sites is 1. The molecule has 0 amide bonds. The zero-order valence-electron chi connectivity index (χ0n) is 11.2. The highest BCUT2D eigenvalue weighted by molar-refractivity contribution is 5.97. The number of ketones is 1. The van der Waals surface area contributed by atoms with Gasteiger partial charge in [-0.1, -0.05) is 42.5 Å². The van der Waals surface area contributed by atoms with Gasteiger partial charge in [0.05, 0.1) is 5.52 Å². The van der Waals surface area contributed by atoms with Crippen molar-refractivity contribution in [3.05, 3.63) is 76.6 Å². The summed E-state index contributed by atoms with van der Waals surface area (Å²) < 4.78 is 5.57. The van der Waals surface area contributed by atoms with Crippen LogP contribution in [0, 0.1) is 0 Å². The van der Waals surface area contributed by atoms with Crippen molar-refractivity contribution in [1.29, 1.82) is 0 Å². The number of benzene rings is 2. The molecule has 3 rings (SSSR count). The van der Waals surface area contributed by atoms with Crippen LogP contribution in [0.4, 0.5) is 0 Å². The van der Waals surface area contributed by atoms with Crippen molar-refractivity contribution in [3.63, 3.8) is 0 Å². The van der Waals surface area contributed by atoms with Crippen LogP contribution in [-0.2, 0) is 0 Å². The van der Waals surface area contributed by atoms with Gasteiger partial charge in [-0.05, 0) is 12.1 Å². The van der Waals surface area contributed by atoms with Crippen molar-refractivity contribution in [1.82, 2.24) is 4.98 Å². The molecule has 0 unspecified atom stereocenters. The summed E-state index contributed by atoms with van der Waals surface area (Å²) in [5.41, 5.74) is 1.00. The highest BCUT2D eigenvalue weighted by Crippen LogP contribution is 2.22. The first-order valence-corrected chi connectivity index (χ1v) is 6.57. The smallest absolute Gasteiger partial charge is 0.248 e. The molecule has 1 heterocycles. The number of hydrogen-bond donors (Lipinski definition) is 1. The van der Waals surface area contributed by atoms with Crippen LogP contribution < -0.4 is 10.3 Å². The van der Waals surface area contributed by atoms with E-state index in [1.54, 1.807) is 24.3 Å². The first kappa shape index (κ1) is 13.1. The van der Waals surface area contributed by atoms with Crippen LogP contribution in [0.3, 0.4) is 0 Å². The Labute approximate surface area is 121 Å². The van der Waals surface area contributed by atoms with Crippen molar-refractivity contribution in [2.24, 2.45) is 0 Å². The number of Topliss-reactive ketones (excluding diaryl/α,β-unsaturated/α-hetero) is 1. The number of rotatable bonds is 4. The predicted molar refractivity (Wildman–Crippen MR) is 80.8 cm³/mol. The molecule has 1 N–H and O–H groups in total. The molecule has 1 aromatic heterocycles. The first-order valence-electron chi connectivity index (χ1n) is 6.57. The Morgan fingerprint density at radius 2 is 1.76 bits per heavy atom. The van der Waals surface area contributed by atoms with Crippen LogP contribution in [0.15, 0.2) is 65.5 Å². The maximum absolute atomic E-state index is 12.0. The normalized spacial score (nSPS) is 10.5. The maximum atomic E-state index is 12.0. The van der Waals surface area contributed by atoms with Gasteiger partial charge in [0, 0.05) is 17.0 Å². The van der Waals surface area contributed by atoms with Gasteiger partial charge in [-0.2, -0.15) is 0 Å².